The summed E-state index contributed by atoms with van der Waals surface area (Å²) in [4.78, 5) is 24.2. The van der Waals surface area contributed by atoms with Gasteiger partial charge in [-0.25, -0.2) is 4.79 Å². The van der Waals surface area contributed by atoms with Crippen molar-refractivity contribution in [2.75, 3.05) is 7.11 Å². The molecule has 2 aromatic carbocycles. The summed E-state index contributed by atoms with van der Waals surface area (Å²) >= 11 is 0. The predicted molar refractivity (Wildman–Crippen MR) is 118 cm³/mol. The predicted octanol–water partition coefficient (Wildman–Crippen LogP) is 4.31. The highest BCUT2D eigenvalue weighted by Crippen LogP contribution is 2.42. The molecule has 0 saturated heterocycles. The number of aliphatic hydroxyl groups excluding tert-OH is 1. The number of phenolic OH excluding ortho intramolecular Hbond substituents is 1. The van der Waals surface area contributed by atoms with Gasteiger partial charge in [-0.3, -0.25) is 4.79 Å². The summed E-state index contributed by atoms with van der Waals surface area (Å²) in [6.07, 6.45) is 2.34. The fraction of sp³-hybridized carbons (Fsp3) is 0.360. The molecule has 1 aliphatic heterocycles. The average molecular weight is 440 g/mol. The zero-order valence-corrected chi connectivity index (χ0v) is 18.7. The first-order chi connectivity index (χ1) is 15.2. The maximum Gasteiger partial charge on any atom is 0.342 e. The van der Waals surface area contributed by atoms with E-state index < -0.39 is 12.1 Å². The highest BCUT2D eigenvalue weighted by Gasteiger charge is 2.31. The van der Waals surface area contributed by atoms with Crippen molar-refractivity contribution >= 4 is 11.9 Å². The van der Waals surface area contributed by atoms with Gasteiger partial charge in [0.15, 0.2) is 0 Å². The number of fused-ring (bicyclic) bond motifs is 1. The molecule has 0 amide bonds. The molecule has 170 valence electrons. The van der Waals surface area contributed by atoms with Crippen LogP contribution in [-0.4, -0.2) is 29.3 Å². The van der Waals surface area contributed by atoms with E-state index >= 15 is 0 Å². The number of carbonyl (C=O) groups excluding carboxylic acids is 2. The number of aromatic hydroxyl groups is 1. The van der Waals surface area contributed by atoms with E-state index in [1.165, 1.54) is 7.11 Å². The van der Waals surface area contributed by atoms with Crippen LogP contribution in [-0.2, 0) is 22.6 Å². The van der Waals surface area contributed by atoms with E-state index in [-0.39, 0.29) is 30.3 Å². The Bertz CT molecular complexity index is 1050. The lowest BCUT2D eigenvalue weighted by molar-refractivity contribution is -0.134. The average Bonchev–Trinajstić information content (AvgIpc) is 3.16. The van der Waals surface area contributed by atoms with Crippen LogP contribution in [0.3, 0.4) is 0 Å². The SMILES string of the molecule is COc1c(C)c2c(c(O)c1C/C=C(\C)CCC(=O)Oc1ccc(C(C)O)cc1)C(=O)OC2. The van der Waals surface area contributed by atoms with Crippen molar-refractivity contribution in [3.05, 3.63) is 63.7 Å². The molecule has 0 fully saturated rings. The van der Waals surface area contributed by atoms with E-state index in [0.717, 1.165) is 16.7 Å². The Morgan fingerprint density at radius 1 is 1.25 bits per heavy atom. The van der Waals surface area contributed by atoms with E-state index in [1.807, 2.05) is 19.9 Å². The topological polar surface area (TPSA) is 102 Å². The molecule has 7 heteroatoms. The zero-order chi connectivity index (χ0) is 23.4. The zero-order valence-electron chi connectivity index (χ0n) is 18.7. The number of aliphatic hydroxyl groups is 1. The molecule has 0 saturated carbocycles. The number of hydrogen-bond acceptors (Lipinski definition) is 7. The molecule has 7 nitrogen and oxygen atoms in total. The summed E-state index contributed by atoms with van der Waals surface area (Å²) in [6.45, 7) is 5.52. The van der Waals surface area contributed by atoms with Crippen molar-refractivity contribution < 1.29 is 34.0 Å². The van der Waals surface area contributed by atoms with E-state index in [9.17, 15) is 19.8 Å². The van der Waals surface area contributed by atoms with Gasteiger partial charge in [0.1, 0.15) is 29.4 Å². The van der Waals surface area contributed by atoms with Gasteiger partial charge in [0.2, 0.25) is 0 Å². The van der Waals surface area contributed by atoms with Crippen molar-refractivity contribution in [1.29, 1.82) is 0 Å². The van der Waals surface area contributed by atoms with Gasteiger partial charge in [-0.1, -0.05) is 23.8 Å². The molecule has 0 aromatic heterocycles. The van der Waals surface area contributed by atoms with Crippen LogP contribution in [0.2, 0.25) is 0 Å². The monoisotopic (exact) mass is 440 g/mol. The molecule has 2 N–H and O–H groups in total. The van der Waals surface area contributed by atoms with E-state index in [1.54, 1.807) is 31.2 Å². The standard InChI is InChI=1S/C25H28O7/c1-14(6-12-21(27)32-18-9-7-17(8-10-18)16(3)26)5-11-19-23(28)22-20(13-31-25(22)29)15(2)24(19)30-4/h5,7-10,16,26,28H,6,11-13H2,1-4H3/b14-5+. The van der Waals surface area contributed by atoms with Crippen LogP contribution in [0.25, 0.3) is 0 Å². The van der Waals surface area contributed by atoms with E-state index in [2.05, 4.69) is 0 Å². The number of allylic oxidation sites excluding steroid dienone is 2. The Morgan fingerprint density at radius 2 is 1.94 bits per heavy atom. The molecular formula is C25H28O7. The molecule has 32 heavy (non-hydrogen) atoms. The van der Waals surface area contributed by atoms with Crippen molar-refractivity contribution in [2.45, 2.75) is 52.7 Å². The van der Waals surface area contributed by atoms with E-state index in [4.69, 9.17) is 14.2 Å². The summed E-state index contributed by atoms with van der Waals surface area (Å²) in [6, 6.07) is 6.73. The molecular weight excluding hydrogens is 412 g/mol. The van der Waals surface area contributed by atoms with Crippen LogP contribution in [0.1, 0.15) is 65.4 Å². The van der Waals surface area contributed by atoms with Crippen LogP contribution in [0, 0.1) is 6.92 Å². The third-order valence-corrected chi connectivity index (χ3v) is 5.62. The van der Waals surface area contributed by atoms with Gasteiger partial charge in [-0.15, -0.1) is 0 Å². The molecule has 1 atom stereocenters. The van der Waals surface area contributed by atoms with Crippen LogP contribution < -0.4 is 9.47 Å². The number of cyclic esters (lactones) is 1. The minimum absolute atomic E-state index is 0.117. The minimum Gasteiger partial charge on any atom is -0.507 e. The maximum absolute atomic E-state index is 12.2. The Labute approximate surface area is 187 Å². The van der Waals surface area contributed by atoms with Crippen LogP contribution in [0.4, 0.5) is 0 Å². The molecule has 0 bridgehead atoms. The molecule has 0 radical (unpaired) electrons. The Kier molecular flexibility index (Phi) is 7.20. The molecule has 0 aliphatic carbocycles. The Hall–Kier alpha value is -3.32. The number of hydrogen-bond donors (Lipinski definition) is 2. The largest absolute Gasteiger partial charge is 0.507 e. The number of rotatable bonds is 8. The normalized spacial score (nSPS) is 14.0. The highest BCUT2D eigenvalue weighted by molar-refractivity contribution is 5.98. The molecule has 0 spiro atoms. The second-order valence-electron chi connectivity index (χ2n) is 7.89. The number of esters is 2. The van der Waals surface area contributed by atoms with Gasteiger partial charge in [-0.05, 0) is 56.9 Å². The third-order valence-electron chi connectivity index (χ3n) is 5.62. The summed E-state index contributed by atoms with van der Waals surface area (Å²) < 4.78 is 15.9. The summed E-state index contributed by atoms with van der Waals surface area (Å²) in [5.74, 6) is -0.0533. The lowest BCUT2D eigenvalue weighted by Gasteiger charge is -2.15. The van der Waals surface area contributed by atoms with Gasteiger partial charge >= 0.3 is 11.9 Å². The molecule has 1 aliphatic rings. The van der Waals surface area contributed by atoms with Gasteiger partial charge in [0.25, 0.3) is 0 Å². The van der Waals surface area contributed by atoms with Gasteiger partial charge < -0.3 is 24.4 Å². The second-order valence-corrected chi connectivity index (χ2v) is 7.89. The summed E-state index contributed by atoms with van der Waals surface area (Å²) in [7, 11) is 1.52. The Balaban J connectivity index is 1.64. The van der Waals surface area contributed by atoms with E-state index in [0.29, 0.717) is 35.5 Å². The molecule has 2 aromatic rings. The summed E-state index contributed by atoms with van der Waals surface area (Å²) in [5, 5.41) is 20.2. The second kappa shape index (κ2) is 9.87. The van der Waals surface area contributed by atoms with Crippen LogP contribution in [0.15, 0.2) is 35.9 Å². The quantitative estimate of drug-likeness (QED) is 0.358. The van der Waals surface area contributed by atoms with Crippen LogP contribution >= 0.6 is 0 Å². The van der Waals surface area contributed by atoms with Gasteiger partial charge in [0, 0.05) is 17.5 Å². The summed E-state index contributed by atoms with van der Waals surface area (Å²) in [5.41, 5.74) is 3.83. The van der Waals surface area contributed by atoms with Gasteiger partial charge in [0.05, 0.1) is 13.2 Å². The number of methoxy groups -OCH3 is 1. The third kappa shape index (κ3) is 4.94. The number of benzene rings is 2. The minimum atomic E-state index is -0.578. The van der Waals surface area contributed by atoms with Crippen molar-refractivity contribution in [2.24, 2.45) is 0 Å². The van der Waals surface area contributed by atoms with Crippen molar-refractivity contribution in [1.82, 2.24) is 0 Å². The smallest absolute Gasteiger partial charge is 0.342 e. The Morgan fingerprint density at radius 3 is 2.56 bits per heavy atom. The lowest BCUT2D eigenvalue weighted by atomic mass is 9.94. The molecule has 3 rings (SSSR count). The lowest BCUT2D eigenvalue weighted by Crippen LogP contribution is -2.08. The first kappa shape index (κ1) is 23.3. The number of ether oxygens (including phenoxy) is 3. The number of carbonyl (C=O) groups is 2. The molecule has 1 heterocycles. The molecule has 1 unspecified atom stereocenters. The van der Waals surface area contributed by atoms with Crippen molar-refractivity contribution in [3.8, 4) is 17.2 Å². The van der Waals surface area contributed by atoms with Crippen molar-refractivity contribution in [3.63, 3.8) is 0 Å². The van der Waals surface area contributed by atoms with Crippen LogP contribution in [0.5, 0.6) is 17.2 Å². The van der Waals surface area contributed by atoms with Gasteiger partial charge in [-0.2, -0.15) is 0 Å². The number of phenols is 1. The fourth-order valence-corrected chi connectivity index (χ4v) is 3.70. The highest BCUT2D eigenvalue weighted by atomic mass is 16.5. The first-order valence-corrected chi connectivity index (χ1v) is 10.5. The first-order valence-electron chi connectivity index (χ1n) is 10.5. The fourth-order valence-electron chi connectivity index (χ4n) is 3.70. The maximum atomic E-state index is 12.2.